The number of hydrogen-bond donors (Lipinski definition) is 0. The number of hydrogen-bond acceptors (Lipinski definition) is 4. The quantitative estimate of drug-likeness (QED) is 0.537. The third-order valence-electron chi connectivity index (χ3n) is 3.49. The Hall–Kier alpha value is -3.07. The van der Waals surface area contributed by atoms with Crippen molar-refractivity contribution in [2.45, 2.75) is 19.8 Å². The molecular weight excluding hydrogens is 282 g/mol. The molecule has 1 aromatic carbocycles. The van der Waals surface area contributed by atoms with E-state index in [-0.39, 0.29) is 11.6 Å². The van der Waals surface area contributed by atoms with E-state index in [1.54, 1.807) is 29.0 Å². The lowest BCUT2D eigenvalue weighted by Gasteiger charge is -2.06. The lowest BCUT2D eigenvalue weighted by molar-refractivity contribution is -0.384. The SMILES string of the molecule is CC(C)c1oc2ccc(C#N)cc2c1-n1ccc([N+](=O)[O-])c1. The van der Waals surface area contributed by atoms with Crippen LogP contribution in [-0.4, -0.2) is 9.49 Å². The molecule has 0 saturated carbocycles. The molecule has 0 N–H and O–H groups in total. The fraction of sp³-hybridized carbons (Fsp3) is 0.188. The first-order valence-electron chi connectivity index (χ1n) is 6.80. The first-order chi connectivity index (χ1) is 10.5. The lowest BCUT2D eigenvalue weighted by Crippen LogP contribution is -1.96. The van der Waals surface area contributed by atoms with Gasteiger partial charge < -0.3 is 8.98 Å². The molecular formula is C16H13N3O3. The Bertz CT molecular complexity index is 912. The van der Waals surface area contributed by atoms with Crippen LogP contribution in [-0.2, 0) is 0 Å². The van der Waals surface area contributed by atoms with Crippen molar-refractivity contribution >= 4 is 16.7 Å². The summed E-state index contributed by atoms with van der Waals surface area (Å²) in [7, 11) is 0. The molecule has 0 amide bonds. The molecule has 0 unspecified atom stereocenters. The van der Waals surface area contributed by atoms with Crippen LogP contribution >= 0.6 is 0 Å². The molecule has 0 aliphatic rings. The van der Waals surface area contributed by atoms with Gasteiger partial charge in [-0.2, -0.15) is 5.26 Å². The van der Waals surface area contributed by atoms with Gasteiger partial charge in [-0.05, 0) is 18.2 Å². The van der Waals surface area contributed by atoms with Crippen LogP contribution in [0.15, 0.2) is 41.1 Å². The normalized spacial score (nSPS) is 11.0. The number of benzene rings is 1. The van der Waals surface area contributed by atoms with Crippen molar-refractivity contribution in [3.8, 4) is 11.8 Å². The predicted octanol–water partition coefficient (Wildman–Crippen LogP) is 4.13. The van der Waals surface area contributed by atoms with Crippen LogP contribution < -0.4 is 0 Å². The van der Waals surface area contributed by atoms with Crippen molar-refractivity contribution in [3.63, 3.8) is 0 Å². The molecule has 0 saturated heterocycles. The molecule has 0 bridgehead atoms. The van der Waals surface area contributed by atoms with E-state index in [0.29, 0.717) is 11.1 Å². The van der Waals surface area contributed by atoms with Crippen molar-refractivity contribution in [2.75, 3.05) is 0 Å². The molecule has 22 heavy (non-hydrogen) atoms. The molecule has 6 heteroatoms. The minimum absolute atomic E-state index is 0.0143. The molecule has 3 rings (SSSR count). The molecule has 6 nitrogen and oxygen atoms in total. The summed E-state index contributed by atoms with van der Waals surface area (Å²) in [5, 5.41) is 20.7. The van der Waals surface area contributed by atoms with Gasteiger partial charge in [0.25, 0.3) is 5.69 Å². The summed E-state index contributed by atoms with van der Waals surface area (Å²) in [6, 6.07) is 8.73. The zero-order chi connectivity index (χ0) is 15.9. The molecule has 0 radical (unpaired) electrons. The van der Waals surface area contributed by atoms with E-state index in [2.05, 4.69) is 6.07 Å². The maximum atomic E-state index is 10.9. The van der Waals surface area contributed by atoms with Crippen LogP contribution in [0, 0.1) is 21.4 Å². The zero-order valence-corrected chi connectivity index (χ0v) is 12.1. The second-order valence-corrected chi connectivity index (χ2v) is 5.33. The Morgan fingerprint density at radius 3 is 2.73 bits per heavy atom. The van der Waals surface area contributed by atoms with Crippen molar-refractivity contribution < 1.29 is 9.34 Å². The van der Waals surface area contributed by atoms with E-state index in [0.717, 1.165) is 16.8 Å². The van der Waals surface area contributed by atoms with Crippen LogP contribution in [0.3, 0.4) is 0 Å². The third kappa shape index (κ3) is 2.13. The number of nitro groups is 1. The van der Waals surface area contributed by atoms with E-state index in [4.69, 9.17) is 9.68 Å². The maximum absolute atomic E-state index is 10.9. The number of nitriles is 1. The molecule has 0 atom stereocenters. The standard InChI is InChI=1S/C16H13N3O3/c1-10(2)16-15(18-6-5-12(9-18)19(20)21)13-7-11(8-17)3-4-14(13)22-16/h3-7,9-10H,1-2H3. The monoisotopic (exact) mass is 295 g/mol. The average molecular weight is 295 g/mol. The average Bonchev–Trinajstić information content (AvgIpc) is 3.10. The maximum Gasteiger partial charge on any atom is 0.287 e. The Balaban J connectivity index is 2.31. The van der Waals surface area contributed by atoms with Gasteiger partial charge in [0.15, 0.2) is 0 Å². The largest absolute Gasteiger partial charge is 0.459 e. The summed E-state index contributed by atoms with van der Waals surface area (Å²) in [6.45, 7) is 3.98. The minimum atomic E-state index is -0.436. The van der Waals surface area contributed by atoms with Crippen molar-refractivity contribution in [2.24, 2.45) is 0 Å². The second kappa shape index (κ2) is 5.04. The minimum Gasteiger partial charge on any atom is -0.459 e. The van der Waals surface area contributed by atoms with E-state index in [1.165, 1.54) is 12.3 Å². The molecule has 2 heterocycles. The van der Waals surface area contributed by atoms with E-state index in [1.807, 2.05) is 13.8 Å². The van der Waals surface area contributed by atoms with Crippen LogP contribution in [0.1, 0.15) is 31.1 Å². The Kier molecular flexibility index (Phi) is 3.18. The Morgan fingerprint density at radius 2 is 2.14 bits per heavy atom. The van der Waals surface area contributed by atoms with Gasteiger partial charge >= 0.3 is 0 Å². The zero-order valence-electron chi connectivity index (χ0n) is 12.1. The summed E-state index contributed by atoms with van der Waals surface area (Å²) in [5.41, 5.74) is 1.94. The highest BCUT2D eigenvalue weighted by Gasteiger charge is 2.20. The van der Waals surface area contributed by atoms with Gasteiger partial charge in [-0.1, -0.05) is 13.8 Å². The van der Waals surface area contributed by atoms with Crippen molar-refractivity contribution in [1.82, 2.24) is 4.57 Å². The Morgan fingerprint density at radius 1 is 1.36 bits per heavy atom. The smallest absolute Gasteiger partial charge is 0.287 e. The van der Waals surface area contributed by atoms with Gasteiger partial charge in [0.05, 0.1) is 28.4 Å². The van der Waals surface area contributed by atoms with Gasteiger partial charge in [-0.25, -0.2) is 0 Å². The lowest BCUT2D eigenvalue weighted by atomic mass is 10.1. The third-order valence-corrected chi connectivity index (χ3v) is 3.49. The van der Waals surface area contributed by atoms with Gasteiger partial charge in [0, 0.05) is 23.6 Å². The van der Waals surface area contributed by atoms with Crippen molar-refractivity contribution in [1.29, 1.82) is 5.26 Å². The van der Waals surface area contributed by atoms with Crippen LogP contribution in [0.5, 0.6) is 0 Å². The summed E-state index contributed by atoms with van der Waals surface area (Å²) >= 11 is 0. The van der Waals surface area contributed by atoms with E-state index < -0.39 is 4.92 Å². The molecule has 2 aromatic heterocycles. The highest BCUT2D eigenvalue weighted by Crippen LogP contribution is 2.35. The van der Waals surface area contributed by atoms with Gasteiger partial charge in [-0.3, -0.25) is 10.1 Å². The number of aromatic nitrogens is 1. The summed E-state index contributed by atoms with van der Waals surface area (Å²) in [5.74, 6) is 0.838. The molecule has 0 spiro atoms. The van der Waals surface area contributed by atoms with Crippen LogP contribution in [0.2, 0.25) is 0 Å². The van der Waals surface area contributed by atoms with E-state index in [9.17, 15) is 10.1 Å². The molecule has 0 aliphatic carbocycles. The number of fused-ring (bicyclic) bond motifs is 1. The highest BCUT2D eigenvalue weighted by atomic mass is 16.6. The van der Waals surface area contributed by atoms with E-state index >= 15 is 0 Å². The highest BCUT2D eigenvalue weighted by molar-refractivity contribution is 5.89. The number of rotatable bonds is 3. The Labute approximate surface area is 126 Å². The molecule has 0 fully saturated rings. The van der Waals surface area contributed by atoms with Gasteiger partial charge in [0.2, 0.25) is 0 Å². The predicted molar refractivity (Wildman–Crippen MR) is 81.0 cm³/mol. The summed E-state index contributed by atoms with van der Waals surface area (Å²) in [6.07, 6.45) is 3.09. The van der Waals surface area contributed by atoms with Crippen LogP contribution in [0.4, 0.5) is 5.69 Å². The van der Waals surface area contributed by atoms with Crippen LogP contribution in [0.25, 0.3) is 16.7 Å². The van der Waals surface area contributed by atoms with Crippen molar-refractivity contribution in [3.05, 3.63) is 58.1 Å². The number of furan rings is 1. The molecule has 0 aliphatic heterocycles. The number of nitrogens with zero attached hydrogens (tertiary/aromatic N) is 3. The fourth-order valence-electron chi connectivity index (χ4n) is 2.46. The fourth-order valence-corrected chi connectivity index (χ4v) is 2.46. The second-order valence-electron chi connectivity index (χ2n) is 5.33. The molecule has 3 aromatic rings. The summed E-state index contributed by atoms with van der Waals surface area (Å²) in [4.78, 5) is 10.5. The topological polar surface area (TPSA) is 85.0 Å². The van der Waals surface area contributed by atoms with Gasteiger partial charge in [0.1, 0.15) is 11.3 Å². The molecule has 110 valence electrons. The first kappa shape index (κ1) is 13.9. The van der Waals surface area contributed by atoms with Gasteiger partial charge in [-0.15, -0.1) is 0 Å². The summed E-state index contributed by atoms with van der Waals surface area (Å²) < 4.78 is 7.57. The first-order valence-corrected chi connectivity index (χ1v) is 6.80.